The van der Waals surface area contributed by atoms with Gasteiger partial charge in [-0.25, -0.2) is 0 Å². The van der Waals surface area contributed by atoms with E-state index in [0.29, 0.717) is 25.8 Å². The van der Waals surface area contributed by atoms with Gasteiger partial charge in [0.2, 0.25) is 0 Å². The quantitative estimate of drug-likeness (QED) is 0.315. The molecule has 2 aliphatic rings. The zero-order valence-corrected chi connectivity index (χ0v) is 22.2. The first-order valence-corrected chi connectivity index (χ1v) is 13.1. The predicted octanol–water partition coefficient (Wildman–Crippen LogP) is 8.64. The second-order valence-electron chi connectivity index (χ2n) is 10.7. The van der Waals surface area contributed by atoms with E-state index in [1.165, 1.54) is 25.1 Å². The Hall–Kier alpha value is -2.53. The molecule has 1 unspecified atom stereocenters. The van der Waals surface area contributed by atoms with Crippen molar-refractivity contribution >= 4 is 0 Å². The van der Waals surface area contributed by atoms with Crippen molar-refractivity contribution in [3.05, 3.63) is 70.8 Å². The van der Waals surface area contributed by atoms with Gasteiger partial charge in [-0.05, 0) is 74.8 Å². The van der Waals surface area contributed by atoms with Crippen molar-refractivity contribution in [3.63, 3.8) is 0 Å². The average Bonchev–Trinajstić information content (AvgIpc) is 2.76. The number of halogens is 6. The van der Waals surface area contributed by atoms with Crippen LogP contribution in [-0.4, -0.2) is 30.3 Å². The zero-order chi connectivity index (χ0) is 28.2. The Kier molecular flexibility index (Phi) is 9.24. The van der Waals surface area contributed by atoms with Crippen LogP contribution in [0.2, 0.25) is 0 Å². The summed E-state index contributed by atoms with van der Waals surface area (Å²) in [5.74, 6) is 0. The van der Waals surface area contributed by atoms with Gasteiger partial charge in [-0.15, -0.1) is 0 Å². The number of hydrogen-bond donors (Lipinski definition) is 0. The van der Waals surface area contributed by atoms with Gasteiger partial charge in [-0.1, -0.05) is 61.4 Å². The maximum absolute atomic E-state index is 14.3. The number of benzene rings is 2. The van der Waals surface area contributed by atoms with Crippen LogP contribution in [0, 0.1) is 11.3 Å². The van der Waals surface area contributed by atoms with Crippen LogP contribution < -0.4 is 0 Å². The molecule has 2 aromatic rings. The SMILES string of the molecule is CC#N.CC(CCc1c(C2(C(F)(F)F)CCC2)cccc1C1(C(F)(F)F)CCC1)N(C)Cc1ccccc1. The van der Waals surface area contributed by atoms with Crippen molar-refractivity contribution in [2.45, 2.75) is 101 Å². The Labute approximate surface area is 221 Å². The molecule has 0 bridgehead atoms. The topological polar surface area (TPSA) is 27.0 Å². The van der Waals surface area contributed by atoms with Crippen LogP contribution in [0.5, 0.6) is 0 Å². The summed E-state index contributed by atoms with van der Waals surface area (Å²) in [6.45, 7) is 4.08. The normalized spacial score (nSPS) is 18.9. The predicted molar refractivity (Wildman–Crippen MR) is 137 cm³/mol. The van der Waals surface area contributed by atoms with E-state index >= 15 is 0 Å². The van der Waals surface area contributed by atoms with Gasteiger partial charge in [0, 0.05) is 19.5 Å². The molecule has 1 atom stereocenters. The molecular weight excluding hydrogens is 502 g/mol. The van der Waals surface area contributed by atoms with Gasteiger partial charge >= 0.3 is 12.4 Å². The van der Waals surface area contributed by atoms with Crippen LogP contribution in [0.25, 0.3) is 0 Å². The lowest BCUT2D eigenvalue weighted by Crippen LogP contribution is -2.51. The van der Waals surface area contributed by atoms with Crippen LogP contribution in [0.15, 0.2) is 48.5 Å². The molecule has 2 nitrogen and oxygen atoms in total. The first kappa shape index (κ1) is 30.0. The van der Waals surface area contributed by atoms with E-state index in [1.807, 2.05) is 44.3 Å². The molecule has 4 rings (SSSR count). The fourth-order valence-corrected chi connectivity index (χ4v) is 5.83. The van der Waals surface area contributed by atoms with Gasteiger partial charge in [0.15, 0.2) is 0 Å². The molecule has 2 aromatic carbocycles. The third-order valence-corrected chi connectivity index (χ3v) is 8.55. The van der Waals surface area contributed by atoms with E-state index in [1.54, 1.807) is 6.07 Å². The van der Waals surface area contributed by atoms with Crippen molar-refractivity contribution in [1.82, 2.24) is 4.90 Å². The van der Waals surface area contributed by atoms with E-state index in [0.717, 1.165) is 5.56 Å². The van der Waals surface area contributed by atoms with Crippen LogP contribution in [0.4, 0.5) is 26.3 Å². The summed E-state index contributed by atoms with van der Waals surface area (Å²) < 4.78 is 85.9. The third-order valence-electron chi connectivity index (χ3n) is 8.55. The first-order chi connectivity index (χ1) is 17.8. The highest BCUT2D eigenvalue weighted by atomic mass is 19.4. The van der Waals surface area contributed by atoms with Crippen LogP contribution in [0.1, 0.15) is 81.0 Å². The van der Waals surface area contributed by atoms with Gasteiger partial charge in [0.25, 0.3) is 0 Å². The van der Waals surface area contributed by atoms with E-state index in [9.17, 15) is 26.3 Å². The summed E-state index contributed by atoms with van der Waals surface area (Å²) in [6.07, 6.45) is -7.67. The molecule has 38 heavy (non-hydrogen) atoms. The number of alkyl halides is 6. The number of nitriles is 1. The van der Waals surface area contributed by atoms with Crippen LogP contribution in [0.3, 0.4) is 0 Å². The molecule has 0 aliphatic heterocycles. The van der Waals surface area contributed by atoms with Crippen molar-refractivity contribution in [2.24, 2.45) is 0 Å². The maximum Gasteiger partial charge on any atom is 0.398 e. The fourth-order valence-electron chi connectivity index (χ4n) is 5.83. The molecule has 0 N–H and O–H groups in total. The average molecular weight is 539 g/mol. The van der Waals surface area contributed by atoms with Crippen molar-refractivity contribution in [3.8, 4) is 6.07 Å². The van der Waals surface area contributed by atoms with Crippen molar-refractivity contribution in [2.75, 3.05) is 7.05 Å². The van der Waals surface area contributed by atoms with E-state index in [4.69, 9.17) is 5.26 Å². The van der Waals surface area contributed by atoms with Crippen LogP contribution in [-0.2, 0) is 23.8 Å². The lowest BCUT2D eigenvalue weighted by molar-refractivity contribution is -0.215. The van der Waals surface area contributed by atoms with E-state index in [2.05, 4.69) is 4.90 Å². The van der Waals surface area contributed by atoms with Gasteiger partial charge in [0.1, 0.15) is 0 Å². The Balaban J connectivity index is 0.00000127. The van der Waals surface area contributed by atoms with Gasteiger partial charge in [-0.3, -0.25) is 4.90 Å². The molecular formula is C30H36F6N2. The minimum atomic E-state index is -4.49. The standard InChI is InChI=1S/C28H33F6N.C2H3N/c1-20(35(2)19-21-9-4-3-5-10-21)13-14-22-23(25(15-7-16-25)27(29,30)31)11-6-12-24(22)26(17-8-18-26)28(32,33)34;1-2-3/h3-6,9-12,20H,7-8,13-19H2,1-2H3;1H3. The Morgan fingerprint density at radius 3 is 1.66 bits per heavy atom. The third kappa shape index (κ3) is 5.73. The molecule has 8 heteroatoms. The number of nitrogens with zero attached hydrogens (tertiary/aromatic N) is 2. The summed E-state index contributed by atoms with van der Waals surface area (Å²) in [7, 11) is 1.94. The summed E-state index contributed by atoms with van der Waals surface area (Å²) in [5.41, 5.74) is -2.54. The Morgan fingerprint density at radius 2 is 1.29 bits per heavy atom. The van der Waals surface area contributed by atoms with Gasteiger partial charge in [0.05, 0.1) is 16.9 Å². The van der Waals surface area contributed by atoms with Gasteiger partial charge < -0.3 is 0 Å². The lowest BCUT2D eigenvalue weighted by atomic mass is 9.58. The molecule has 0 spiro atoms. The minimum absolute atomic E-state index is 0.0115. The molecule has 2 fully saturated rings. The minimum Gasteiger partial charge on any atom is -0.299 e. The molecule has 0 saturated heterocycles. The molecule has 0 radical (unpaired) electrons. The van der Waals surface area contributed by atoms with Gasteiger partial charge in [-0.2, -0.15) is 31.6 Å². The van der Waals surface area contributed by atoms with Crippen molar-refractivity contribution in [1.29, 1.82) is 5.26 Å². The highest BCUT2D eigenvalue weighted by molar-refractivity contribution is 5.48. The Morgan fingerprint density at radius 1 is 0.842 bits per heavy atom. The summed E-state index contributed by atoms with van der Waals surface area (Å²) in [4.78, 5) is 2.10. The fraction of sp³-hybridized carbons (Fsp3) is 0.567. The summed E-state index contributed by atoms with van der Waals surface area (Å²) in [5, 5.41) is 7.32. The zero-order valence-electron chi connectivity index (χ0n) is 22.2. The summed E-state index contributed by atoms with van der Waals surface area (Å²) in [6, 6.07) is 15.9. The maximum atomic E-state index is 14.3. The number of hydrogen-bond acceptors (Lipinski definition) is 2. The molecule has 208 valence electrons. The second kappa shape index (κ2) is 11.7. The lowest BCUT2D eigenvalue weighted by Gasteiger charge is -2.48. The first-order valence-electron chi connectivity index (χ1n) is 13.1. The highest BCUT2D eigenvalue weighted by Gasteiger charge is 2.63. The number of rotatable bonds is 8. The molecule has 2 saturated carbocycles. The second-order valence-corrected chi connectivity index (χ2v) is 10.7. The monoisotopic (exact) mass is 538 g/mol. The molecule has 0 heterocycles. The molecule has 0 aromatic heterocycles. The summed E-state index contributed by atoms with van der Waals surface area (Å²) >= 11 is 0. The molecule has 2 aliphatic carbocycles. The highest BCUT2D eigenvalue weighted by Crippen LogP contribution is 2.59. The van der Waals surface area contributed by atoms with Crippen LogP contribution >= 0.6 is 0 Å². The van der Waals surface area contributed by atoms with E-state index < -0.39 is 23.2 Å². The Bertz CT molecular complexity index is 1040. The van der Waals surface area contributed by atoms with Crippen molar-refractivity contribution < 1.29 is 26.3 Å². The molecule has 0 amide bonds. The van der Waals surface area contributed by atoms with E-state index in [-0.39, 0.29) is 54.8 Å². The largest absolute Gasteiger partial charge is 0.398 e. The smallest absolute Gasteiger partial charge is 0.299 e.